The number of pyridine rings is 2. The molecule has 0 fully saturated rings. The highest BCUT2D eigenvalue weighted by atomic mass is 19.1. The standard InChI is InChI=1S/C32H35FN4O6/c1-21(2)42-16-13-34-30(39)27-29(38)28-26(18-24(19-35-28)17-22-9-11-25(33)12-10-22)37(31(27)40)15-14-36(3)32(41)43-20-23-7-5-4-6-8-23/h4-12,18-19,21,38H,13-17,20H2,1-3H3,(H,34,39). The van der Waals surface area contributed by atoms with Gasteiger partial charge in [-0.3, -0.25) is 14.6 Å². The number of nitrogens with one attached hydrogen (secondary N) is 1. The average Bonchev–Trinajstić information content (AvgIpc) is 2.99. The van der Waals surface area contributed by atoms with Gasteiger partial charge in [0.2, 0.25) is 0 Å². The summed E-state index contributed by atoms with van der Waals surface area (Å²) in [6.07, 6.45) is 1.30. The van der Waals surface area contributed by atoms with Crippen LogP contribution >= 0.6 is 0 Å². The van der Waals surface area contributed by atoms with Gasteiger partial charge in [0.15, 0.2) is 5.75 Å². The lowest BCUT2D eigenvalue weighted by atomic mass is 10.1. The molecule has 0 aliphatic carbocycles. The molecular weight excluding hydrogens is 555 g/mol. The summed E-state index contributed by atoms with van der Waals surface area (Å²) in [5.41, 5.74) is 1.50. The van der Waals surface area contributed by atoms with Crippen LogP contribution in [0, 0.1) is 5.82 Å². The minimum absolute atomic E-state index is 0.00896. The largest absolute Gasteiger partial charge is 0.505 e. The second-order valence-electron chi connectivity index (χ2n) is 10.3. The van der Waals surface area contributed by atoms with Gasteiger partial charge in [0.1, 0.15) is 23.5 Å². The smallest absolute Gasteiger partial charge is 0.409 e. The lowest BCUT2D eigenvalue weighted by Crippen LogP contribution is -2.37. The minimum Gasteiger partial charge on any atom is -0.505 e. The van der Waals surface area contributed by atoms with Crippen molar-refractivity contribution in [2.45, 2.75) is 39.5 Å². The van der Waals surface area contributed by atoms with E-state index in [1.165, 1.54) is 27.8 Å². The summed E-state index contributed by atoms with van der Waals surface area (Å²) in [5, 5.41) is 13.6. The van der Waals surface area contributed by atoms with Crippen LogP contribution in [0.5, 0.6) is 5.75 Å². The number of benzene rings is 2. The van der Waals surface area contributed by atoms with Crippen LogP contribution in [0.25, 0.3) is 11.0 Å². The zero-order valence-electron chi connectivity index (χ0n) is 24.4. The third-order valence-corrected chi connectivity index (χ3v) is 6.70. The number of amides is 2. The Kier molecular flexibility index (Phi) is 10.4. The molecule has 2 aromatic heterocycles. The first kappa shape index (κ1) is 31.2. The Labute approximate surface area is 248 Å². The summed E-state index contributed by atoms with van der Waals surface area (Å²) in [4.78, 5) is 45.1. The number of halogens is 1. The van der Waals surface area contributed by atoms with Crippen LogP contribution in [-0.2, 0) is 29.0 Å². The van der Waals surface area contributed by atoms with Gasteiger partial charge in [-0.05, 0) is 55.2 Å². The number of aromatic hydroxyl groups is 1. The number of hydrogen-bond acceptors (Lipinski definition) is 7. The molecule has 43 heavy (non-hydrogen) atoms. The molecule has 2 aromatic carbocycles. The van der Waals surface area contributed by atoms with E-state index in [1.54, 1.807) is 25.2 Å². The Hall–Kier alpha value is -4.77. The fraction of sp³-hybridized carbons (Fsp3) is 0.312. The number of carbonyl (C=O) groups is 2. The number of ether oxygens (including phenoxy) is 2. The Bertz CT molecular complexity index is 1620. The monoisotopic (exact) mass is 590 g/mol. The number of rotatable bonds is 12. The van der Waals surface area contributed by atoms with Crippen molar-refractivity contribution in [1.82, 2.24) is 19.8 Å². The average molecular weight is 591 g/mol. The molecular formula is C32H35FN4O6. The first-order valence-electron chi connectivity index (χ1n) is 13.9. The third kappa shape index (κ3) is 8.16. The van der Waals surface area contributed by atoms with Gasteiger partial charge in [0, 0.05) is 32.9 Å². The minimum atomic E-state index is -0.765. The van der Waals surface area contributed by atoms with E-state index in [9.17, 15) is 23.9 Å². The summed E-state index contributed by atoms with van der Waals surface area (Å²) in [6, 6.07) is 16.9. The molecule has 2 amide bonds. The van der Waals surface area contributed by atoms with Gasteiger partial charge < -0.3 is 29.4 Å². The fourth-order valence-corrected chi connectivity index (χ4v) is 4.43. The van der Waals surface area contributed by atoms with E-state index >= 15 is 0 Å². The molecule has 0 saturated heterocycles. The van der Waals surface area contributed by atoms with Crippen molar-refractivity contribution < 1.29 is 28.6 Å². The van der Waals surface area contributed by atoms with Crippen molar-refractivity contribution in [1.29, 1.82) is 0 Å². The maximum Gasteiger partial charge on any atom is 0.409 e. The molecule has 0 atom stereocenters. The van der Waals surface area contributed by atoms with Gasteiger partial charge in [-0.15, -0.1) is 0 Å². The fourth-order valence-electron chi connectivity index (χ4n) is 4.43. The third-order valence-electron chi connectivity index (χ3n) is 6.70. The van der Waals surface area contributed by atoms with Crippen LogP contribution in [0.1, 0.15) is 40.9 Å². The predicted molar refractivity (Wildman–Crippen MR) is 160 cm³/mol. The van der Waals surface area contributed by atoms with Gasteiger partial charge >= 0.3 is 6.09 Å². The van der Waals surface area contributed by atoms with Gasteiger partial charge in [0.25, 0.3) is 11.5 Å². The lowest BCUT2D eigenvalue weighted by Gasteiger charge is -2.20. The van der Waals surface area contributed by atoms with Crippen molar-refractivity contribution >= 4 is 23.0 Å². The quantitative estimate of drug-likeness (QED) is 0.237. The van der Waals surface area contributed by atoms with E-state index in [0.29, 0.717) is 12.0 Å². The highest BCUT2D eigenvalue weighted by Gasteiger charge is 2.24. The molecule has 10 nitrogen and oxygen atoms in total. The summed E-state index contributed by atoms with van der Waals surface area (Å²) in [6.45, 7) is 4.23. The van der Waals surface area contributed by atoms with Crippen LogP contribution in [-0.4, -0.2) is 64.4 Å². The van der Waals surface area contributed by atoms with E-state index in [1.807, 2.05) is 44.2 Å². The first-order valence-corrected chi connectivity index (χ1v) is 13.9. The van der Waals surface area contributed by atoms with Gasteiger partial charge in [-0.1, -0.05) is 42.5 Å². The zero-order chi connectivity index (χ0) is 30.9. The predicted octanol–water partition coefficient (Wildman–Crippen LogP) is 4.26. The van der Waals surface area contributed by atoms with E-state index in [4.69, 9.17) is 9.47 Å². The maximum atomic E-state index is 13.7. The van der Waals surface area contributed by atoms with Gasteiger partial charge in [0.05, 0.1) is 18.2 Å². The van der Waals surface area contributed by atoms with Gasteiger partial charge in [-0.25, -0.2) is 9.18 Å². The Morgan fingerprint density at radius 2 is 1.79 bits per heavy atom. The molecule has 4 aromatic rings. The molecule has 0 saturated carbocycles. The van der Waals surface area contributed by atoms with Crippen LogP contribution < -0.4 is 10.9 Å². The molecule has 0 bridgehead atoms. The highest BCUT2D eigenvalue weighted by molar-refractivity contribution is 6.01. The van der Waals surface area contributed by atoms with E-state index in [-0.39, 0.29) is 55.8 Å². The number of aromatic nitrogens is 2. The van der Waals surface area contributed by atoms with Crippen molar-refractivity contribution in [3.05, 3.63) is 105 Å². The van der Waals surface area contributed by atoms with E-state index < -0.39 is 28.9 Å². The Morgan fingerprint density at radius 1 is 1.07 bits per heavy atom. The van der Waals surface area contributed by atoms with Crippen molar-refractivity contribution in [3.8, 4) is 5.75 Å². The molecule has 0 unspecified atom stereocenters. The highest BCUT2D eigenvalue weighted by Crippen LogP contribution is 2.26. The normalized spacial score (nSPS) is 11.1. The van der Waals surface area contributed by atoms with Crippen molar-refractivity contribution in [2.75, 3.05) is 26.7 Å². The van der Waals surface area contributed by atoms with Gasteiger partial charge in [-0.2, -0.15) is 0 Å². The number of carbonyl (C=O) groups excluding carboxylic acids is 2. The van der Waals surface area contributed by atoms with Crippen molar-refractivity contribution in [3.63, 3.8) is 0 Å². The summed E-state index contributed by atoms with van der Waals surface area (Å²) in [7, 11) is 1.54. The molecule has 4 rings (SSSR count). The molecule has 0 aliphatic heterocycles. The second-order valence-corrected chi connectivity index (χ2v) is 10.3. The number of fused-ring (bicyclic) bond motifs is 1. The lowest BCUT2D eigenvalue weighted by molar-refractivity contribution is 0.0745. The van der Waals surface area contributed by atoms with Crippen LogP contribution in [0.2, 0.25) is 0 Å². The van der Waals surface area contributed by atoms with Crippen LogP contribution in [0.3, 0.4) is 0 Å². The first-order chi connectivity index (χ1) is 20.6. The number of likely N-dealkylation sites (N-methyl/N-ethyl adjacent to an activating group) is 1. The molecule has 226 valence electrons. The summed E-state index contributed by atoms with van der Waals surface area (Å²) < 4.78 is 25.5. The Morgan fingerprint density at radius 3 is 2.49 bits per heavy atom. The van der Waals surface area contributed by atoms with Crippen LogP contribution in [0.15, 0.2) is 71.7 Å². The Balaban J connectivity index is 1.62. The SMILES string of the molecule is CC(C)OCCNC(=O)c1c(O)c2ncc(Cc3ccc(F)cc3)cc2n(CCN(C)C(=O)OCc2ccccc2)c1=O. The van der Waals surface area contributed by atoms with Crippen molar-refractivity contribution in [2.24, 2.45) is 0 Å². The molecule has 11 heteroatoms. The zero-order valence-corrected chi connectivity index (χ0v) is 24.4. The maximum absolute atomic E-state index is 13.7. The second kappa shape index (κ2) is 14.4. The molecule has 2 N–H and O–H groups in total. The molecule has 2 heterocycles. The van der Waals surface area contributed by atoms with E-state index in [0.717, 1.165) is 11.1 Å². The number of hydrogen-bond donors (Lipinski definition) is 2. The van der Waals surface area contributed by atoms with Crippen LogP contribution in [0.4, 0.5) is 9.18 Å². The summed E-state index contributed by atoms with van der Waals surface area (Å²) >= 11 is 0. The topological polar surface area (TPSA) is 123 Å². The summed E-state index contributed by atoms with van der Waals surface area (Å²) in [5.74, 6) is -1.66. The molecule has 0 spiro atoms. The molecule has 0 radical (unpaired) electrons. The van der Waals surface area contributed by atoms with E-state index in [2.05, 4.69) is 10.3 Å². The number of nitrogens with zero attached hydrogens (tertiary/aromatic N) is 3. The molecule has 0 aliphatic rings.